The summed E-state index contributed by atoms with van der Waals surface area (Å²) in [6.07, 6.45) is 0.456. The van der Waals surface area contributed by atoms with E-state index < -0.39 is 0 Å². The van der Waals surface area contributed by atoms with E-state index in [-0.39, 0.29) is 11.4 Å². The van der Waals surface area contributed by atoms with Crippen LogP contribution in [0.4, 0.5) is 11.4 Å². The van der Waals surface area contributed by atoms with E-state index >= 15 is 0 Å². The molecular weight excluding hydrogens is 254 g/mol. The standard InChI is InChI=1S/C15H23N3O2/c1-15(2)11-20-10-9-18(15)8-7-14(19)17-13-6-4-3-5-12(13)16/h3-6H,7-11,16H2,1-2H3,(H,17,19). The fraction of sp³-hybridized carbons (Fsp3) is 0.533. The summed E-state index contributed by atoms with van der Waals surface area (Å²) in [6, 6.07) is 7.30. The summed E-state index contributed by atoms with van der Waals surface area (Å²) < 4.78 is 5.47. The number of benzene rings is 1. The number of nitrogens with one attached hydrogen (secondary N) is 1. The first kappa shape index (κ1) is 14.8. The van der Waals surface area contributed by atoms with Gasteiger partial charge in [-0.3, -0.25) is 9.69 Å². The summed E-state index contributed by atoms with van der Waals surface area (Å²) in [6.45, 7) is 7.32. The number of carbonyl (C=O) groups excluding carboxylic acids is 1. The summed E-state index contributed by atoms with van der Waals surface area (Å²) in [5.41, 5.74) is 7.07. The molecule has 1 amide bonds. The summed E-state index contributed by atoms with van der Waals surface area (Å²) in [7, 11) is 0. The maximum Gasteiger partial charge on any atom is 0.225 e. The Labute approximate surface area is 120 Å². The molecule has 0 saturated carbocycles. The summed E-state index contributed by atoms with van der Waals surface area (Å²) in [5, 5.41) is 2.86. The molecular formula is C15H23N3O2. The summed E-state index contributed by atoms with van der Waals surface area (Å²) in [4.78, 5) is 14.3. The molecule has 110 valence electrons. The highest BCUT2D eigenvalue weighted by Gasteiger charge is 2.30. The molecule has 0 radical (unpaired) electrons. The van der Waals surface area contributed by atoms with Gasteiger partial charge in [-0.1, -0.05) is 12.1 Å². The molecule has 1 aliphatic rings. The third-order valence-corrected chi connectivity index (χ3v) is 3.66. The Hall–Kier alpha value is -1.59. The SMILES string of the molecule is CC1(C)COCCN1CCC(=O)Nc1ccccc1N. The predicted molar refractivity (Wildman–Crippen MR) is 80.6 cm³/mol. The van der Waals surface area contributed by atoms with Gasteiger partial charge in [0.25, 0.3) is 0 Å². The topological polar surface area (TPSA) is 67.6 Å². The number of nitrogens with two attached hydrogens (primary N) is 1. The quantitative estimate of drug-likeness (QED) is 0.822. The van der Waals surface area contributed by atoms with E-state index in [0.717, 1.165) is 19.7 Å². The van der Waals surface area contributed by atoms with Gasteiger partial charge in [-0.25, -0.2) is 0 Å². The smallest absolute Gasteiger partial charge is 0.225 e. The van der Waals surface area contributed by atoms with Crippen LogP contribution in [0.1, 0.15) is 20.3 Å². The van der Waals surface area contributed by atoms with Crippen LogP contribution in [-0.2, 0) is 9.53 Å². The lowest BCUT2D eigenvalue weighted by Gasteiger charge is -2.42. The number of nitrogens with zero attached hydrogens (tertiary/aromatic N) is 1. The van der Waals surface area contributed by atoms with Crippen molar-refractivity contribution in [3.05, 3.63) is 24.3 Å². The number of para-hydroxylation sites is 2. The van der Waals surface area contributed by atoms with Gasteiger partial charge < -0.3 is 15.8 Å². The second-order valence-corrected chi connectivity index (χ2v) is 5.74. The number of carbonyl (C=O) groups is 1. The molecule has 1 fully saturated rings. The molecule has 1 heterocycles. The third kappa shape index (κ3) is 3.71. The van der Waals surface area contributed by atoms with Crippen LogP contribution in [0.2, 0.25) is 0 Å². The molecule has 2 rings (SSSR count). The molecule has 1 aromatic rings. The minimum atomic E-state index is -0.00962. The van der Waals surface area contributed by atoms with Gasteiger partial charge in [0.1, 0.15) is 0 Å². The molecule has 20 heavy (non-hydrogen) atoms. The van der Waals surface area contributed by atoms with Crippen LogP contribution in [0, 0.1) is 0 Å². The normalized spacial score (nSPS) is 18.7. The first-order chi connectivity index (χ1) is 9.49. The van der Waals surface area contributed by atoms with E-state index in [1.165, 1.54) is 0 Å². The Morgan fingerprint density at radius 3 is 2.90 bits per heavy atom. The van der Waals surface area contributed by atoms with Crippen molar-refractivity contribution in [2.24, 2.45) is 0 Å². The molecule has 0 atom stereocenters. The van der Waals surface area contributed by atoms with Crippen LogP contribution >= 0.6 is 0 Å². The van der Waals surface area contributed by atoms with E-state index in [1.807, 2.05) is 18.2 Å². The number of ether oxygens (including phenoxy) is 1. The fourth-order valence-corrected chi connectivity index (χ4v) is 2.37. The molecule has 0 spiro atoms. The number of anilines is 2. The maximum absolute atomic E-state index is 12.0. The number of hydrogen-bond donors (Lipinski definition) is 2. The zero-order chi connectivity index (χ0) is 14.6. The predicted octanol–water partition coefficient (Wildman–Crippen LogP) is 1.71. The average Bonchev–Trinajstić information content (AvgIpc) is 2.40. The monoisotopic (exact) mass is 277 g/mol. The van der Waals surface area contributed by atoms with Crippen molar-refractivity contribution in [3.63, 3.8) is 0 Å². The van der Waals surface area contributed by atoms with Crippen molar-refractivity contribution in [2.75, 3.05) is 37.4 Å². The molecule has 3 N–H and O–H groups in total. The maximum atomic E-state index is 12.0. The summed E-state index contributed by atoms with van der Waals surface area (Å²) >= 11 is 0. The highest BCUT2D eigenvalue weighted by atomic mass is 16.5. The van der Waals surface area contributed by atoms with Crippen molar-refractivity contribution in [2.45, 2.75) is 25.8 Å². The van der Waals surface area contributed by atoms with Crippen LogP contribution in [-0.4, -0.2) is 42.6 Å². The van der Waals surface area contributed by atoms with E-state index in [1.54, 1.807) is 6.07 Å². The molecule has 5 nitrogen and oxygen atoms in total. The van der Waals surface area contributed by atoms with Crippen LogP contribution in [0.15, 0.2) is 24.3 Å². The Morgan fingerprint density at radius 1 is 1.45 bits per heavy atom. The molecule has 0 unspecified atom stereocenters. The van der Waals surface area contributed by atoms with E-state index in [2.05, 4.69) is 24.1 Å². The Morgan fingerprint density at radius 2 is 2.20 bits per heavy atom. The second-order valence-electron chi connectivity index (χ2n) is 5.74. The first-order valence-corrected chi connectivity index (χ1v) is 6.96. The van der Waals surface area contributed by atoms with Gasteiger partial charge in [-0.05, 0) is 26.0 Å². The number of hydrogen-bond acceptors (Lipinski definition) is 4. The van der Waals surface area contributed by atoms with Gasteiger partial charge in [-0.15, -0.1) is 0 Å². The first-order valence-electron chi connectivity index (χ1n) is 6.96. The Bertz CT molecular complexity index is 474. The number of nitrogen functional groups attached to an aromatic ring is 1. The lowest BCUT2D eigenvalue weighted by molar-refractivity contribution is -0.117. The zero-order valence-corrected chi connectivity index (χ0v) is 12.2. The third-order valence-electron chi connectivity index (χ3n) is 3.66. The average molecular weight is 277 g/mol. The van der Waals surface area contributed by atoms with Crippen molar-refractivity contribution in [3.8, 4) is 0 Å². The molecule has 5 heteroatoms. The van der Waals surface area contributed by atoms with Crippen molar-refractivity contribution < 1.29 is 9.53 Å². The van der Waals surface area contributed by atoms with Crippen molar-refractivity contribution >= 4 is 17.3 Å². The largest absolute Gasteiger partial charge is 0.397 e. The minimum absolute atomic E-state index is 0.00908. The van der Waals surface area contributed by atoms with Gasteiger partial charge in [0.05, 0.1) is 24.6 Å². The number of morpholine rings is 1. The molecule has 0 aromatic heterocycles. The Kier molecular flexibility index (Phi) is 4.62. The zero-order valence-electron chi connectivity index (χ0n) is 12.2. The lowest BCUT2D eigenvalue weighted by atomic mass is 10.0. The van der Waals surface area contributed by atoms with Crippen molar-refractivity contribution in [1.29, 1.82) is 0 Å². The molecule has 0 bridgehead atoms. The van der Waals surface area contributed by atoms with Gasteiger partial charge in [0, 0.05) is 25.0 Å². The van der Waals surface area contributed by atoms with Crippen LogP contribution in [0.25, 0.3) is 0 Å². The molecule has 1 aromatic carbocycles. The van der Waals surface area contributed by atoms with Gasteiger partial charge >= 0.3 is 0 Å². The van der Waals surface area contributed by atoms with Crippen LogP contribution < -0.4 is 11.1 Å². The van der Waals surface area contributed by atoms with E-state index in [4.69, 9.17) is 10.5 Å². The minimum Gasteiger partial charge on any atom is -0.397 e. The molecule has 0 aliphatic carbocycles. The van der Waals surface area contributed by atoms with Crippen LogP contribution in [0.5, 0.6) is 0 Å². The number of rotatable bonds is 4. The lowest BCUT2D eigenvalue weighted by Crippen LogP contribution is -2.53. The highest BCUT2D eigenvalue weighted by molar-refractivity contribution is 5.93. The number of amides is 1. The molecule has 1 aliphatic heterocycles. The summed E-state index contributed by atoms with van der Waals surface area (Å²) in [5.74, 6) is -0.00908. The van der Waals surface area contributed by atoms with Gasteiger partial charge in [-0.2, -0.15) is 0 Å². The molecule has 1 saturated heterocycles. The van der Waals surface area contributed by atoms with Gasteiger partial charge in [0.2, 0.25) is 5.91 Å². The highest BCUT2D eigenvalue weighted by Crippen LogP contribution is 2.20. The van der Waals surface area contributed by atoms with Crippen LogP contribution in [0.3, 0.4) is 0 Å². The van der Waals surface area contributed by atoms with Crippen molar-refractivity contribution in [1.82, 2.24) is 4.90 Å². The van der Waals surface area contributed by atoms with E-state index in [0.29, 0.717) is 24.4 Å². The second kappa shape index (κ2) is 6.24. The Balaban J connectivity index is 1.85. The van der Waals surface area contributed by atoms with Gasteiger partial charge in [0.15, 0.2) is 0 Å². The van der Waals surface area contributed by atoms with E-state index in [9.17, 15) is 4.79 Å². The fourth-order valence-electron chi connectivity index (χ4n) is 2.37.